The maximum absolute atomic E-state index is 6.72. The highest BCUT2D eigenvalue weighted by molar-refractivity contribution is 5.89. The van der Waals surface area contributed by atoms with Crippen molar-refractivity contribution in [3.05, 3.63) is 131 Å². The second-order valence-corrected chi connectivity index (χ2v) is 8.60. The summed E-state index contributed by atoms with van der Waals surface area (Å²) < 4.78 is 19.4. The number of fused-ring (bicyclic) bond motifs is 6. The molecular formula is C31H20N2O3. The fourth-order valence-corrected chi connectivity index (χ4v) is 4.58. The first-order valence-corrected chi connectivity index (χ1v) is 11.8. The first kappa shape index (κ1) is 20.5. The number of hydrogen-bond acceptors (Lipinski definition) is 5. The Balaban J connectivity index is 1.54. The van der Waals surface area contributed by atoms with Gasteiger partial charge in [0.05, 0.1) is 33.3 Å². The Kier molecular flexibility index (Phi) is 4.77. The summed E-state index contributed by atoms with van der Waals surface area (Å²) in [6.45, 7) is 0. The molecule has 4 aromatic carbocycles. The number of ether oxygens (including phenoxy) is 1. The fourth-order valence-electron chi connectivity index (χ4n) is 4.58. The molecule has 5 heteroatoms. The Morgan fingerprint density at radius 2 is 0.889 bits per heavy atom. The molecule has 2 aromatic heterocycles. The van der Waals surface area contributed by atoms with Crippen molar-refractivity contribution >= 4 is 33.3 Å². The molecule has 0 fully saturated rings. The van der Waals surface area contributed by atoms with Gasteiger partial charge in [-0.15, -0.1) is 0 Å². The van der Waals surface area contributed by atoms with Crippen molar-refractivity contribution in [2.24, 2.45) is 9.98 Å². The van der Waals surface area contributed by atoms with Gasteiger partial charge >= 0.3 is 0 Å². The summed E-state index contributed by atoms with van der Waals surface area (Å²) >= 11 is 0. The van der Waals surface area contributed by atoms with Gasteiger partial charge in [-0.2, -0.15) is 0 Å². The van der Waals surface area contributed by atoms with Crippen molar-refractivity contribution in [3.8, 4) is 11.5 Å². The van der Waals surface area contributed by atoms with Crippen molar-refractivity contribution in [1.82, 2.24) is 0 Å². The highest BCUT2D eigenvalue weighted by Gasteiger charge is 2.27. The van der Waals surface area contributed by atoms with Crippen LogP contribution in [0.25, 0.3) is 21.9 Å². The molecule has 0 saturated carbocycles. The molecule has 0 bridgehead atoms. The lowest BCUT2D eigenvalue weighted by Crippen LogP contribution is -2.21. The van der Waals surface area contributed by atoms with Crippen LogP contribution in [-0.4, -0.2) is 0 Å². The summed E-state index contributed by atoms with van der Waals surface area (Å²) in [5.74, 6) is 1.50. The molecule has 0 radical (unpaired) electrons. The van der Waals surface area contributed by atoms with Gasteiger partial charge in [0.25, 0.3) is 0 Å². The Morgan fingerprint density at radius 1 is 0.472 bits per heavy atom. The summed E-state index contributed by atoms with van der Waals surface area (Å²) in [5.41, 5.74) is 5.80. The van der Waals surface area contributed by atoms with E-state index in [1.54, 1.807) is 0 Å². The number of nitrogens with zero attached hydrogens (tertiary/aromatic N) is 2. The van der Waals surface area contributed by atoms with E-state index in [0.29, 0.717) is 28.7 Å². The van der Waals surface area contributed by atoms with E-state index in [9.17, 15) is 0 Å². The molecule has 6 aromatic rings. The van der Waals surface area contributed by atoms with E-state index in [0.717, 1.165) is 44.8 Å². The largest absolute Gasteiger partial charge is 0.455 e. The smallest absolute Gasteiger partial charge is 0.227 e. The predicted molar refractivity (Wildman–Crippen MR) is 139 cm³/mol. The second kappa shape index (κ2) is 8.40. The number of hydrogen-bond donors (Lipinski definition) is 0. The van der Waals surface area contributed by atoms with E-state index in [1.807, 2.05) is 109 Å². The molecule has 0 aliphatic carbocycles. The van der Waals surface area contributed by atoms with Crippen LogP contribution in [0.5, 0.6) is 11.5 Å². The molecule has 0 atom stereocenters. The van der Waals surface area contributed by atoms with Gasteiger partial charge in [-0.1, -0.05) is 60.7 Å². The van der Waals surface area contributed by atoms with Gasteiger partial charge in [-0.25, -0.2) is 9.98 Å². The average Bonchev–Trinajstić information content (AvgIpc) is 2.94. The summed E-state index contributed by atoms with van der Waals surface area (Å²) in [4.78, 5) is 9.69. The third kappa shape index (κ3) is 3.49. The minimum atomic E-state index is 0.505. The summed E-state index contributed by atoms with van der Waals surface area (Å²) in [6.07, 6.45) is 0.505. The third-order valence-corrected chi connectivity index (χ3v) is 6.27. The highest BCUT2D eigenvalue weighted by atomic mass is 16.5. The highest BCUT2D eigenvalue weighted by Crippen LogP contribution is 2.42. The topological polar surface area (TPSA) is 60.2 Å². The number of benzene rings is 4. The molecule has 1 aliphatic rings. The molecule has 0 spiro atoms. The van der Waals surface area contributed by atoms with Crippen LogP contribution in [0.3, 0.4) is 0 Å². The standard InChI is InChI=1S/C31H20N2O3/c1-3-11-20(12-4-1)32-30-24-19-25-29(36-28(24)22-15-7-9-17-26(22)34-30)23-16-8-10-18-27(23)35-31(25)33-21-13-5-2-6-14-21/h1-18H,19H2. The van der Waals surface area contributed by atoms with E-state index in [-0.39, 0.29) is 0 Å². The summed E-state index contributed by atoms with van der Waals surface area (Å²) in [7, 11) is 0. The molecule has 7 rings (SSSR count). The molecule has 172 valence electrons. The van der Waals surface area contributed by atoms with Crippen molar-refractivity contribution in [3.63, 3.8) is 0 Å². The van der Waals surface area contributed by atoms with E-state index >= 15 is 0 Å². The van der Waals surface area contributed by atoms with Gasteiger partial charge < -0.3 is 13.6 Å². The summed E-state index contributed by atoms with van der Waals surface area (Å²) in [5, 5.41) is 1.80. The fraction of sp³-hybridized carbons (Fsp3) is 0.0323. The third-order valence-electron chi connectivity index (χ3n) is 6.27. The number of rotatable bonds is 2. The van der Waals surface area contributed by atoms with Crippen LogP contribution in [-0.2, 0) is 6.42 Å². The molecule has 0 unspecified atom stereocenters. The van der Waals surface area contributed by atoms with Gasteiger partial charge in [-0.3, -0.25) is 0 Å². The van der Waals surface area contributed by atoms with E-state index in [1.165, 1.54) is 0 Å². The summed E-state index contributed by atoms with van der Waals surface area (Å²) in [6, 6.07) is 35.4. The first-order valence-electron chi connectivity index (χ1n) is 11.8. The van der Waals surface area contributed by atoms with E-state index in [2.05, 4.69) is 0 Å². The maximum Gasteiger partial charge on any atom is 0.227 e. The lowest BCUT2D eigenvalue weighted by Gasteiger charge is -2.22. The average molecular weight is 469 g/mol. The molecule has 3 heterocycles. The number of para-hydroxylation sites is 4. The zero-order valence-electron chi connectivity index (χ0n) is 19.2. The predicted octanol–water partition coefficient (Wildman–Crippen LogP) is 7.34. The molecule has 0 saturated heterocycles. The van der Waals surface area contributed by atoms with Crippen LogP contribution in [0.1, 0.15) is 11.1 Å². The zero-order valence-corrected chi connectivity index (χ0v) is 19.2. The Bertz CT molecular complexity index is 1750. The first-order chi connectivity index (χ1) is 17.8. The van der Waals surface area contributed by atoms with Crippen LogP contribution >= 0.6 is 0 Å². The molecule has 0 amide bonds. The Morgan fingerprint density at radius 3 is 1.36 bits per heavy atom. The molecule has 1 aliphatic heterocycles. The van der Waals surface area contributed by atoms with E-state index in [4.69, 9.17) is 23.6 Å². The van der Waals surface area contributed by atoms with Gasteiger partial charge in [0, 0.05) is 6.42 Å². The SMILES string of the molecule is c1ccc(N=c2oc3ccccc3c3c2Cc2c(c4ccccc4oc2=Nc2ccccc2)O3)cc1. The molecule has 0 N–H and O–H groups in total. The van der Waals surface area contributed by atoms with Crippen LogP contribution in [0.2, 0.25) is 0 Å². The van der Waals surface area contributed by atoms with Crippen LogP contribution in [0, 0.1) is 0 Å². The van der Waals surface area contributed by atoms with Crippen LogP contribution in [0.15, 0.2) is 128 Å². The Labute approximate surface area is 206 Å². The minimum Gasteiger partial charge on any atom is -0.455 e. The lowest BCUT2D eigenvalue weighted by molar-refractivity contribution is 0.432. The van der Waals surface area contributed by atoms with Gasteiger partial charge in [-0.05, 0) is 48.5 Å². The van der Waals surface area contributed by atoms with Crippen molar-refractivity contribution in [2.45, 2.75) is 6.42 Å². The monoisotopic (exact) mass is 468 g/mol. The van der Waals surface area contributed by atoms with Gasteiger partial charge in [0.2, 0.25) is 11.1 Å². The van der Waals surface area contributed by atoms with Crippen molar-refractivity contribution in [1.29, 1.82) is 0 Å². The van der Waals surface area contributed by atoms with E-state index < -0.39 is 0 Å². The molecule has 5 nitrogen and oxygen atoms in total. The second-order valence-electron chi connectivity index (χ2n) is 8.60. The quantitative estimate of drug-likeness (QED) is 0.267. The Hall–Kier alpha value is -4.90. The zero-order chi connectivity index (χ0) is 23.9. The van der Waals surface area contributed by atoms with Crippen molar-refractivity contribution in [2.75, 3.05) is 0 Å². The normalized spacial score (nSPS) is 13.4. The molecule has 36 heavy (non-hydrogen) atoms. The minimum absolute atomic E-state index is 0.505. The van der Waals surface area contributed by atoms with Crippen LogP contribution < -0.4 is 15.8 Å². The maximum atomic E-state index is 6.72. The lowest BCUT2D eigenvalue weighted by atomic mass is 9.99. The van der Waals surface area contributed by atoms with Crippen molar-refractivity contribution < 1.29 is 13.6 Å². The molecular weight excluding hydrogens is 448 g/mol. The van der Waals surface area contributed by atoms with Crippen LogP contribution in [0.4, 0.5) is 11.4 Å². The van der Waals surface area contributed by atoms with Gasteiger partial charge in [0.15, 0.2) is 0 Å². The van der Waals surface area contributed by atoms with Gasteiger partial charge in [0.1, 0.15) is 22.7 Å².